The van der Waals surface area contributed by atoms with E-state index >= 15 is 0 Å². The standard InChI is InChI=1S/C19H24F3NO/c1-5-10-24-18-12(4)15-11-14(19(20,21)22)8-9-16(15)23-17(18)13(6-2)7-3/h6-9,11-12,17-18,23H,2,5,10H2,1,3-4H3/b13-7+. The van der Waals surface area contributed by atoms with Gasteiger partial charge in [-0.15, -0.1) is 0 Å². The van der Waals surface area contributed by atoms with Crippen molar-refractivity contribution in [1.82, 2.24) is 0 Å². The van der Waals surface area contributed by atoms with E-state index in [1.54, 1.807) is 6.08 Å². The maximum atomic E-state index is 13.0. The first-order valence-corrected chi connectivity index (χ1v) is 8.21. The van der Waals surface area contributed by atoms with Crippen LogP contribution in [0.5, 0.6) is 0 Å². The number of benzene rings is 1. The fourth-order valence-electron chi connectivity index (χ4n) is 3.15. The zero-order chi connectivity index (χ0) is 17.9. The number of anilines is 1. The van der Waals surface area contributed by atoms with E-state index in [2.05, 4.69) is 11.9 Å². The second-order valence-electron chi connectivity index (χ2n) is 6.04. The van der Waals surface area contributed by atoms with Crippen LogP contribution < -0.4 is 5.32 Å². The van der Waals surface area contributed by atoms with Crippen LogP contribution >= 0.6 is 0 Å². The van der Waals surface area contributed by atoms with Gasteiger partial charge in [0, 0.05) is 18.2 Å². The highest BCUT2D eigenvalue weighted by molar-refractivity contribution is 5.60. The van der Waals surface area contributed by atoms with Crippen molar-refractivity contribution < 1.29 is 17.9 Å². The van der Waals surface area contributed by atoms with Gasteiger partial charge in [-0.2, -0.15) is 13.2 Å². The Morgan fingerprint density at radius 1 is 1.38 bits per heavy atom. The van der Waals surface area contributed by atoms with E-state index in [0.717, 1.165) is 23.7 Å². The number of halogens is 3. The minimum Gasteiger partial charge on any atom is -0.375 e. The summed E-state index contributed by atoms with van der Waals surface area (Å²) in [5.74, 6) is -0.157. The quantitative estimate of drug-likeness (QED) is 0.712. The molecular formula is C19H24F3NO. The van der Waals surface area contributed by atoms with Gasteiger partial charge in [0.25, 0.3) is 0 Å². The molecule has 0 saturated heterocycles. The molecule has 24 heavy (non-hydrogen) atoms. The van der Waals surface area contributed by atoms with E-state index in [0.29, 0.717) is 12.2 Å². The van der Waals surface area contributed by atoms with E-state index in [1.165, 1.54) is 12.1 Å². The molecule has 1 aliphatic rings. The molecule has 0 bridgehead atoms. The van der Waals surface area contributed by atoms with Crippen molar-refractivity contribution in [3.63, 3.8) is 0 Å². The lowest BCUT2D eigenvalue weighted by molar-refractivity contribution is -0.137. The lowest BCUT2D eigenvalue weighted by Gasteiger charge is -2.40. The first kappa shape index (κ1) is 18.6. The topological polar surface area (TPSA) is 21.3 Å². The Balaban J connectivity index is 2.45. The van der Waals surface area contributed by atoms with Crippen LogP contribution in [0.3, 0.4) is 0 Å². The van der Waals surface area contributed by atoms with Crippen LogP contribution in [-0.4, -0.2) is 18.8 Å². The molecule has 0 fully saturated rings. The van der Waals surface area contributed by atoms with Crippen LogP contribution in [0.4, 0.5) is 18.9 Å². The molecule has 0 aliphatic carbocycles. The Bertz CT molecular complexity index is 622. The molecule has 0 aromatic heterocycles. The Morgan fingerprint density at radius 3 is 2.62 bits per heavy atom. The Labute approximate surface area is 141 Å². The van der Waals surface area contributed by atoms with Crippen LogP contribution in [0.25, 0.3) is 0 Å². The van der Waals surface area contributed by atoms with Crippen molar-refractivity contribution in [3.8, 4) is 0 Å². The third-order valence-electron chi connectivity index (χ3n) is 4.44. The molecule has 0 saturated carbocycles. The highest BCUT2D eigenvalue weighted by atomic mass is 19.4. The van der Waals surface area contributed by atoms with Gasteiger partial charge in [-0.25, -0.2) is 0 Å². The smallest absolute Gasteiger partial charge is 0.375 e. The summed E-state index contributed by atoms with van der Waals surface area (Å²) < 4.78 is 45.1. The van der Waals surface area contributed by atoms with Gasteiger partial charge >= 0.3 is 6.18 Å². The van der Waals surface area contributed by atoms with Crippen molar-refractivity contribution in [2.45, 2.75) is 51.4 Å². The minimum atomic E-state index is -4.35. The summed E-state index contributed by atoms with van der Waals surface area (Å²) in [6.07, 6.45) is -0.0209. The van der Waals surface area contributed by atoms with Crippen LogP contribution in [0.1, 0.15) is 44.2 Å². The summed E-state index contributed by atoms with van der Waals surface area (Å²) >= 11 is 0. The molecule has 3 unspecified atom stereocenters. The van der Waals surface area contributed by atoms with E-state index in [4.69, 9.17) is 4.74 Å². The molecular weight excluding hydrogens is 315 g/mol. The molecule has 132 valence electrons. The summed E-state index contributed by atoms with van der Waals surface area (Å²) in [5, 5.41) is 3.34. The Hall–Kier alpha value is -1.75. The zero-order valence-electron chi connectivity index (χ0n) is 14.3. The van der Waals surface area contributed by atoms with Gasteiger partial charge in [-0.1, -0.05) is 32.6 Å². The van der Waals surface area contributed by atoms with Crippen molar-refractivity contribution in [2.24, 2.45) is 0 Å². The van der Waals surface area contributed by atoms with Crippen LogP contribution in [0.2, 0.25) is 0 Å². The summed E-state index contributed by atoms with van der Waals surface area (Å²) in [6, 6.07) is 3.73. The number of allylic oxidation sites excluding steroid dienone is 1. The zero-order valence-corrected chi connectivity index (χ0v) is 14.3. The van der Waals surface area contributed by atoms with Crippen LogP contribution in [0, 0.1) is 0 Å². The third-order valence-corrected chi connectivity index (χ3v) is 4.44. The molecule has 1 heterocycles. The molecule has 0 spiro atoms. The molecule has 2 rings (SSSR count). The maximum Gasteiger partial charge on any atom is 0.416 e. The van der Waals surface area contributed by atoms with Gasteiger partial charge in [0.2, 0.25) is 0 Å². The number of ether oxygens (including phenoxy) is 1. The molecule has 0 radical (unpaired) electrons. The van der Waals surface area contributed by atoms with Gasteiger partial charge in [0.15, 0.2) is 0 Å². The fraction of sp³-hybridized carbons (Fsp3) is 0.474. The van der Waals surface area contributed by atoms with Crippen molar-refractivity contribution >= 4 is 5.69 Å². The molecule has 1 aliphatic heterocycles. The van der Waals surface area contributed by atoms with Gasteiger partial charge in [0.1, 0.15) is 0 Å². The summed E-state index contributed by atoms with van der Waals surface area (Å²) in [5.41, 5.74) is 1.71. The average Bonchev–Trinajstić information content (AvgIpc) is 2.54. The molecule has 0 amide bonds. The summed E-state index contributed by atoms with van der Waals surface area (Å²) in [7, 11) is 0. The monoisotopic (exact) mass is 339 g/mol. The molecule has 3 atom stereocenters. The van der Waals surface area contributed by atoms with Crippen LogP contribution in [0.15, 0.2) is 42.5 Å². The molecule has 1 N–H and O–H groups in total. The third kappa shape index (κ3) is 3.66. The molecule has 2 nitrogen and oxygen atoms in total. The van der Waals surface area contributed by atoms with E-state index in [-0.39, 0.29) is 18.1 Å². The summed E-state index contributed by atoms with van der Waals surface area (Å²) in [6.45, 7) is 10.3. The predicted octanol–water partition coefficient (Wildman–Crippen LogP) is 5.53. The van der Waals surface area contributed by atoms with E-state index in [9.17, 15) is 13.2 Å². The summed E-state index contributed by atoms with van der Waals surface area (Å²) in [4.78, 5) is 0. The van der Waals surface area contributed by atoms with Crippen molar-refractivity contribution in [1.29, 1.82) is 0 Å². The second-order valence-corrected chi connectivity index (χ2v) is 6.04. The lowest BCUT2D eigenvalue weighted by Crippen LogP contribution is -2.44. The van der Waals surface area contributed by atoms with Gasteiger partial charge in [0.05, 0.1) is 17.7 Å². The SMILES string of the molecule is C=C/C(=C\C)C1Nc2ccc(C(F)(F)F)cc2C(C)C1OCCC. The average molecular weight is 339 g/mol. The van der Waals surface area contributed by atoms with Gasteiger partial charge in [-0.05, 0) is 42.7 Å². The van der Waals surface area contributed by atoms with Gasteiger partial charge < -0.3 is 10.1 Å². The lowest BCUT2D eigenvalue weighted by atomic mass is 9.82. The van der Waals surface area contributed by atoms with E-state index in [1.807, 2.05) is 26.8 Å². The number of hydrogen-bond acceptors (Lipinski definition) is 2. The highest BCUT2D eigenvalue weighted by Crippen LogP contribution is 2.41. The largest absolute Gasteiger partial charge is 0.416 e. The predicted molar refractivity (Wildman–Crippen MR) is 91.3 cm³/mol. The first-order chi connectivity index (χ1) is 11.3. The van der Waals surface area contributed by atoms with Crippen molar-refractivity contribution in [3.05, 3.63) is 53.6 Å². The molecule has 5 heteroatoms. The number of rotatable bonds is 5. The number of hydrogen-bond donors (Lipinski definition) is 1. The number of alkyl halides is 3. The number of fused-ring (bicyclic) bond motifs is 1. The van der Waals surface area contributed by atoms with E-state index < -0.39 is 11.7 Å². The highest BCUT2D eigenvalue weighted by Gasteiger charge is 2.38. The molecule has 1 aromatic carbocycles. The molecule has 1 aromatic rings. The Morgan fingerprint density at radius 2 is 2.08 bits per heavy atom. The minimum absolute atomic E-state index is 0.127. The first-order valence-electron chi connectivity index (χ1n) is 8.21. The van der Waals surface area contributed by atoms with Crippen LogP contribution in [-0.2, 0) is 10.9 Å². The Kier molecular flexibility index (Phi) is 5.75. The maximum absolute atomic E-state index is 13.0. The number of nitrogens with one attached hydrogen (secondary N) is 1. The van der Waals surface area contributed by atoms with Crippen molar-refractivity contribution in [2.75, 3.05) is 11.9 Å². The second kappa shape index (κ2) is 7.43. The fourth-order valence-corrected chi connectivity index (χ4v) is 3.15. The van der Waals surface area contributed by atoms with Gasteiger partial charge in [-0.3, -0.25) is 0 Å². The normalized spacial score (nSPS) is 24.2.